The molecule has 0 radical (unpaired) electrons. The molecule has 2 aromatic carbocycles. The van der Waals surface area contributed by atoms with Gasteiger partial charge in [0.1, 0.15) is 11.7 Å². The predicted molar refractivity (Wildman–Crippen MR) is 141 cm³/mol. The third-order valence-electron chi connectivity index (χ3n) is 6.73. The molecular weight excluding hydrogens is 482 g/mol. The lowest BCUT2D eigenvalue weighted by molar-refractivity contribution is -0.384. The fourth-order valence-electron chi connectivity index (χ4n) is 4.98. The molecule has 0 aromatic heterocycles. The molecule has 1 aliphatic rings. The molecule has 0 amide bonds. The largest absolute Gasteiger partial charge is 0.422 e. The SMILES string of the molecule is C=C=C(/C=C/c1ccc(OC(=O)c2ccc([N+](=O)[O-])cc2)c(C=O)c1)C1CC(C(C#N)C#N)CC(C)(C)C1. The first-order chi connectivity index (χ1) is 18.1. The normalized spacial score (nSPS) is 18.1. The number of ether oxygens (including phenoxy) is 1. The number of non-ortho nitro benzene ring substituents is 1. The van der Waals surface area contributed by atoms with Gasteiger partial charge in [0.15, 0.2) is 6.29 Å². The molecule has 0 bridgehead atoms. The van der Waals surface area contributed by atoms with E-state index in [2.05, 4.69) is 38.3 Å². The maximum atomic E-state index is 12.5. The van der Waals surface area contributed by atoms with E-state index < -0.39 is 16.8 Å². The molecule has 1 fully saturated rings. The molecule has 0 saturated heterocycles. The van der Waals surface area contributed by atoms with Gasteiger partial charge in [-0.05, 0) is 71.9 Å². The van der Waals surface area contributed by atoms with E-state index in [9.17, 15) is 30.2 Å². The molecular formula is C30H27N3O5. The Hall–Kier alpha value is -4.78. The average Bonchev–Trinajstić information content (AvgIpc) is 2.89. The molecule has 3 rings (SSSR count). The van der Waals surface area contributed by atoms with Crippen molar-refractivity contribution in [2.45, 2.75) is 33.1 Å². The van der Waals surface area contributed by atoms with Gasteiger partial charge in [0.05, 0.1) is 28.2 Å². The molecule has 8 nitrogen and oxygen atoms in total. The van der Waals surface area contributed by atoms with Crippen LogP contribution in [0.25, 0.3) is 6.08 Å². The van der Waals surface area contributed by atoms with E-state index >= 15 is 0 Å². The first kappa shape index (κ1) is 27.8. The third kappa shape index (κ3) is 6.70. The molecule has 2 unspecified atom stereocenters. The summed E-state index contributed by atoms with van der Waals surface area (Å²) < 4.78 is 5.35. The van der Waals surface area contributed by atoms with Crippen molar-refractivity contribution in [1.82, 2.24) is 0 Å². The monoisotopic (exact) mass is 509 g/mol. The third-order valence-corrected chi connectivity index (χ3v) is 6.73. The number of benzene rings is 2. The van der Waals surface area contributed by atoms with Gasteiger partial charge in [-0.1, -0.05) is 38.6 Å². The van der Waals surface area contributed by atoms with Gasteiger partial charge < -0.3 is 4.74 Å². The number of hydrogen-bond acceptors (Lipinski definition) is 7. The zero-order chi connectivity index (χ0) is 27.9. The second-order valence-electron chi connectivity index (χ2n) is 10.1. The number of nitrogens with zero attached hydrogens (tertiary/aromatic N) is 3. The molecule has 192 valence electrons. The Morgan fingerprint density at radius 3 is 2.45 bits per heavy atom. The number of allylic oxidation sites excluding steroid dienone is 2. The lowest BCUT2D eigenvalue weighted by Gasteiger charge is -2.40. The summed E-state index contributed by atoms with van der Waals surface area (Å²) in [6, 6.07) is 14.0. The van der Waals surface area contributed by atoms with E-state index in [1.54, 1.807) is 12.1 Å². The van der Waals surface area contributed by atoms with E-state index in [4.69, 9.17) is 4.74 Å². The van der Waals surface area contributed by atoms with Gasteiger partial charge in [0.25, 0.3) is 5.69 Å². The highest BCUT2D eigenvalue weighted by atomic mass is 16.6. The highest BCUT2D eigenvalue weighted by Gasteiger charge is 2.38. The van der Waals surface area contributed by atoms with Crippen molar-refractivity contribution >= 4 is 24.0 Å². The van der Waals surface area contributed by atoms with Crippen LogP contribution in [0.4, 0.5) is 5.69 Å². The minimum absolute atomic E-state index is 0.0399. The van der Waals surface area contributed by atoms with E-state index in [1.807, 2.05) is 12.2 Å². The quantitative estimate of drug-likeness (QED) is 0.0758. The highest BCUT2D eigenvalue weighted by Crippen LogP contribution is 2.46. The van der Waals surface area contributed by atoms with Crippen molar-refractivity contribution in [3.63, 3.8) is 0 Å². The summed E-state index contributed by atoms with van der Waals surface area (Å²) in [7, 11) is 0. The van der Waals surface area contributed by atoms with E-state index in [0.717, 1.165) is 18.4 Å². The van der Waals surface area contributed by atoms with Gasteiger partial charge in [0.2, 0.25) is 0 Å². The van der Waals surface area contributed by atoms with Crippen molar-refractivity contribution < 1.29 is 19.2 Å². The van der Waals surface area contributed by atoms with Crippen molar-refractivity contribution in [3.8, 4) is 17.9 Å². The second kappa shape index (κ2) is 12.0. The van der Waals surface area contributed by atoms with Crippen LogP contribution < -0.4 is 4.74 Å². The summed E-state index contributed by atoms with van der Waals surface area (Å²) in [5.74, 6) is -1.30. The van der Waals surface area contributed by atoms with E-state index in [-0.39, 0.29) is 39.8 Å². The number of carbonyl (C=O) groups excluding carboxylic acids is 2. The Balaban J connectivity index is 1.77. The minimum Gasteiger partial charge on any atom is -0.422 e. The zero-order valence-corrected chi connectivity index (χ0v) is 21.2. The predicted octanol–water partition coefficient (Wildman–Crippen LogP) is 6.46. The summed E-state index contributed by atoms with van der Waals surface area (Å²) in [6.07, 6.45) is 6.62. The molecule has 2 aromatic rings. The summed E-state index contributed by atoms with van der Waals surface area (Å²) in [5.41, 5.74) is 4.63. The Kier molecular flexibility index (Phi) is 8.76. The Bertz CT molecular complexity index is 1390. The Labute approximate surface area is 221 Å². The number of carbonyl (C=O) groups is 2. The topological polar surface area (TPSA) is 134 Å². The lowest BCUT2D eigenvalue weighted by Crippen LogP contribution is -2.32. The van der Waals surface area contributed by atoms with Gasteiger partial charge in [0, 0.05) is 12.1 Å². The van der Waals surface area contributed by atoms with E-state index in [0.29, 0.717) is 18.3 Å². The molecule has 0 spiro atoms. The van der Waals surface area contributed by atoms with Crippen LogP contribution in [-0.4, -0.2) is 17.2 Å². The van der Waals surface area contributed by atoms with Gasteiger partial charge in [-0.15, -0.1) is 5.73 Å². The van der Waals surface area contributed by atoms with Gasteiger partial charge in [-0.2, -0.15) is 10.5 Å². The zero-order valence-electron chi connectivity index (χ0n) is 21.2. The molecule has 2 atom stereocenters. The van der Waals surface area contributed by atoms with Crippen LogP contribution in [0.1, 0.15) is 59.4 Å². The van der Waals surface area contributed by atoms with Crippen LogP contribution in [0, 0.1) is 55.9 Å². The number of nitro benzene ring substituents is 1. The van der Waals surface area contributed by atoms with Crippen LogP contribution in [0.2, 0.25) is 0 Å². The summed E-state index contributed by atoms with van der Waals surface area (Å²) in [5, 5.41) is 29.6. The first-order valence-corrected chi connectivity index (χ1v) is 12.0. The van der Waals surface area contributed by atoms with Gasteiger partial charge in [-0.25, -0.2) is 4.79 Å². The van der Waals surface area contributed by atoms with Crippen LogP contribution in [0.15, 0.2) is 66.4 Å². The van der Waals surface area contributed by atoms with Crippen molar-refractivity contribution in [2.75, 3.05) is 0 Å². The number of nitro groups is 1. The fourth-order valence-corrected chi connectivity index (χ4v) is 4.98. The standard InChI is InChI=1S/C30H27N3O5/c1-4-21(23-14-24(26(17-31)18-32)16-30(2,3)15-23)7-5-20-6-12-28(25(13-20)19-34)38-29(35)22-8-10-27(11-9-22)33(36)37/h5-13,19,23-24,26H,1,14-16H2,2-3H3/b7-5+. The average molecular weight is 510 g/mol. The highest BCUT2D eigenvalue weighted by molar-refractivity contribution is 5.93. The van der Waals surface area contributed by atoms with Gasteiger partial charge >= 0.3 is 5.97 Å². The van der Waals surface area contributed by atoms with Crippen molar-refractivity contribution in [1.29, 1.82) is 10.5 Å². The molecule has 0 heterocycles. The molecule has 0 N–H and O–H groups in total. The first-order valence-electron chi connectivity index (χ1n) is 12.0. The molecule has 1 aliphatic carbocycles. The number of hydrogen-bond donors (Lipinski definition) is 0. The Morgan fingerprint density at radius 2 is 1.87 bits per heavy atom. The molecule has 0 aliphatic heterocycles. The summed E-state index contributed by atoms with van der Waals surface area (Å²) in [4.78, 5) is 34.4. The summed E-state index contributed by atoms with van der Waals surface area (Å²) >= 11 is 0. The van der Waals surface area contributed by atoms with Gasteiger partial charge in [-0.3, -0.25) is 14.9 Å². The molecule has 38 heavy (non-hydrogen) atoms. The van der Waals surface area contributed by atoms with Crippen LogP contribution in [0.3, 0.4) is 0 Å². The maximum absolute atomic E-state index is 12.5. The van der Waals surface area contributed by atoms with Crippen molar-refractivity contribution in [3.05, 3.63) is 93.2 Å². The summed E-state index contributed by atoms with van der Waals surface area (Å²) in [6.45, 7) is 8.11. The molecule has 1 saturated carbocycles. The van der Waals surface area contributed by atoms with Crippen LogP contribution in [-0.2, 0) is 0 Å². The number of esters is 1. The van der Waals surface area contributed by atoms with Crippen LogP contribution in [0.5, 0.6) is 5.75 Å². The Morgan fingerprint density at radius 1 is 1.18 bits per heavy atom. The second-order valence-corrected chi connectivity index (χ2v) is 10.1. The number of aldehydes is 1. The smallest absolute Gasteiger partial charge is 0.343 e. The van der Waals surface area contributed by atoms with Crippen molar-refractivity contribution in [2.24, 2.45) is 23.2 Å². The molecule has 8 heteroatoms. The van der Waals surface area contributed by atoms with E-state index in [1.165, 1.54) is 30.3 Å². The fraction of sp³-hybridized carbons (Fsp3) is 0.300. The maximum Gasteiger partial charge on any atom is 0.343 e. The van der Waals surface area contributed by atoms with Crippen LogP contribution >= 0.6 is 0 Å². The lowest BCUT2D eigenvalue weighted by atomic mass is 9.63. The minimum atomic E-state index is -0.745. The number of rotatable bonds is 8. The number of nitriles is 2.